The quantitative estimate of drug-likeness (QED) is 0.782. The fourth-order valence-corrected chi connectivity index (χ4v) is 2.40. The molecular formula is C11H19N3. The second-order valence-corrected chi connectivity index (χ2v) is 4.19. The van der Waals surface area contributed by atoms with Gasteiger partial charge in [0.1, 0.15) is 11.6 Å². The van der Waals surface area contributed by atoms with Crippen molar-refractivity contribution in [1.82, 2.24) is 9.55 Å². The minimum atomic E-state index is 0.626. The molecule has 1 fully saturated rings. The van der Waals surface area contributed by atoms with E-state index in [0.717, 1.165) is 23.8 Å². The predicted octanol–water partition coefficient (Wildman–Crippen LogP) is 2.22. The van der Waals surface area contributed by atoms with Gasteiger partial charge in [0.2, 0.25) is 0 Å². The van der Waals surface area contributed by atoms with E-state index in [1.807, 2.05) is 11.6 Å². The third-order valence-electron chi connectivity index (χ3n) is 3.32. The Morgan fingerprint density at radius 2 is 2.07 bits per heavy atom. The van der Waals surface area contributed by atoms with Gasteiger partial charge in [-0.3, -0.25) is 0 Å². The Kier molecular flexibility index (Phi) is 2.48. The summed E-state index contributed by atoms with van der Waals surface area (Å²) < 4.78 is 2.04. The molecule has 78 valence electrons. The molecule has 0 unspecified atom stereocenters. The number of hydrogen-bond acceptors (Lipinski definition) is 2. The molecule has 0 amide bonds. The topological polar surface area (TPSA) is 43.8 Å². The number of anilines is 1. The van der Waals surface area contributed by atoms with Crippen LogP contribution in [-0.2, 0) is 13.5 Å². The van der Waals surface area contributed by atoms with E-state index in [1.54, 1.807) is 0 Å². The van der Waals surface area contributed by atoms with Gasteiger partial charge in [0, 0.05) is 19.4 Å². The molecule has 1 heterocycles. The molecule has 0 aliphatic heterocycles. The Bertz CT molecular complexity index is 322. The van der Waals surface area contributed by atoms with E-state index in [0.29, 0.717) is 5.92 Å². The number of nitrogen functional groups attached to an aromatic ring is 1. The van der Waals surface area contributed by atoms with E-state index < -0.39 is 0 Å². The first-order valence-electron chi connectivity index (χ1n) is 5.55. The Hall–Kier alpha value is -0.990. The van der Waals surface area contributed by atoms with Crippen LogP contribution in [0.5, 0.6) is 0 Å². The summed E-state index contributed by atoms with van der Waals surface area (Å²) in [5, 5.41) is 0. The van der Waals surface area contributed by atoms with Gasteiger partial charge in [-0.2, -0.15) is 0 Å². The molecule has 1 aromatic heterocycles. The molecule has 1 saturated carbocycles. The van der Waals surface area contributed by atoms with Crippen molar-refractivity contribution in [2.75, 3.05) is 5.73 Å². The maximum Gasteiger partial charge on any atom is 0.126 e. The molecule has 0 radical (unpaired) electrons. The maximum absolute atomic E-state index is 6.06. The largest absolute Gasteiger partial charge is 0.384 e. The number of aryl methyl sites for hydroxylation is 1. The van der Waals surface area contributed by atoms with Crippen molar-refractivity contribution < 1.29 is 0 Å². The first kappa shape index (κ1) is 9.56. The minimum absolute atomic E-state index is 0.626. The fourth-order valence-electron chi connectivity index (χ4n) is 2.40. The van der Waals surface area contributed by atoms with Gasteiger partial charge in [-0.25, -0.2) is 4.98 Å². The number of nitrogens with zero attached hydrogens (tertiary/aromatic N) is 2. The smallest absolute Gasteiger partial charge is 0.126 e. The number of hydrogen-bond donors (Lipinski definition) is 1. The molecule has 0 saturated heterocycles. The average Bonchev–Trinajstić information content (AvgIpc) is 2.78. The fraction of sp³-hybridized carbons (Fsp3) is 0.727. The van der Waals surface area contributed by atoms with Crippen molar-refractivity contribution in [1.29, 1.82) is 0 Å². The SMILES string of the molecule is CCc1nc(C2CCCC2)c(N)n1C. The first-order chi connectivity index (χ1) is 6.74. The van der Waals surface area contributed by atoms with E-state index in [2.05, 4.69) is 11.9 Å². The van der Waals surface area contributed by atoms with Crippen LogP contribution >= 0.6 is 0 Å². The van der Waals surface area contributed by atoms with Crippen LogP contribution in [0.3, 0.4) is 0 Å². The average molecular weight is 193 g/mol. The van der Waals surface area contributed by atoms with E-state index in [-0.39, 0.29) is 0 Å². The van der Waals surface area contributed by atoms with Gasteiger partial charge in [0.25, 0.3) is 0 Å². The number of nitrogens with two attached hydrogens (primary N) is 1. The number of rotatable bonds is 2. The summed E-state index contributed by atoms with van der Waals surface area (Å²) in [5.74, 6) is 2.62. The Balaban J connectivity index is 2.32. The standard InChI is InChI=1S/C11H19N3/c1-3-9-13-10(11(12)14(9)2)8-6-4-5-7-8/h8H,3-7,12H2,1-2H3. The summed E-state index contributed by atoms with van der Waals surface area (Å²) in [4.78, 5) is 4.65. The molecule has 14 heavy (non-hydrogen) atoms. The van der Waals surface area contributed by atoms with Crippen LogP contribution in [0.4, 0.5) is 5.82 Å². The van der Waals surface area contributed by atoms with Crippen LogP contribution in [0.2, 0.25) is 0 Å². The second-order valence-electron chi connectivity index (χ2n) is 4.19. The minimum Gasteiger partial charge on any atom is -0.384 e. The Morgan fingerprint density at radius 3 is 2.57 bits per heavy atom. The Morgan fingerprint density at radius 1 is 1.43 bits per heavy atom. The van der Waals surface area contributed by atoms with Crippen molar-refractivity contribution >= 4 is 5.82 Å². The van der Waals surface area contributed by atoms with Crippen molar-refractivity contribution in [3.8, 4) is 0 Å². The Labute approximate surface area is 85.3 Å². The molecule has 0 atom stereocenters. The van der Waals surface area contributed by atoms with Gasteiger partial charge in [-0.05, 0) is 12.8 Å². The summed E-state index contributed by atoms with van der Waals surface area (Å²) >= 11 is 0. The van der Waals surface area contributed by atoms with Crippen molar-refractivity contribution in [3.05, 3.63) is 11.5 Å². The number of imidazole rings is 1. The van der Waals surface area contributed by atoms with Crippen LogP contribution in [0.1, 0.15) is 50.0 Å². The lowest BCUT2D eigenvalue weighted by molar-refractivity contribution is 0.701. The highest BCUT2D eigenvalue weighted by molar-refractivity contribution is 5.40. The van der Waals surface area contributed by atoms with Crippen LogP contribution < -0.4 is 5.73 Å². The van der Waals surface area contributed by atoms with E-state index >= 15 is 0 Å². The van der Waals surface area contributed by atoms with E-state index in [1.165, 1.54) is 25.7 Å². The molecule has 3 nitrogen and oxygen atoms in total. The third kappa shape index (κ3) is 1.41. The molecule has 1 aliphatic rings. The lowest BCUT2D eigenvalue weighted by Crippen LogP contribution is -2.02. The summed E-state index contributed by atoms with van der Waals surface area (Å²) in [6, 6.07) is 0. The molecule has 1 aliphatic carbocycles. The first-order valence-corrected chi connectivity index (χ1v) is 5.55. The normalized spacial score (nSPS) is 17.9. The summed E-state index contributed by atoms with van der Waals surface area (Å²) in [5.41, 5.74) is 7.21. The van der Waals surface area contributed by atoms with Gasteiger partial charge < -0.3 is 10.3 Å². The zero-order chi connectivity index (χ0) is 10.1. The molecule has 1 aromatic rings. The highest BCUT2D eigenvalue weighted by Crippen LogP contribution is 2.36. The van der Waals surface area contributed by atoms with Crippen LogP contribution in [-0.4, -0.2) is 9.55 Å². The van der Waals surface area contributed by atoms with Gasteiger partial charge >= 0.3 is 0 Å². The molecule has 3 heteroatoms. The van der Waals surface area contributed by atoms with Crippen LogP contribution in [0.15, 0.2) is 0 Å². The van der Waals surface area contributed by atoms with Crippen molar-refractivity contribution in [2.24, 2.45) is 7.05 Å². The van der Waals surface area contributed by atoms with E-state index in [4.69, 9.17) is 5.73 Å². The summed E-state index contributed by atoms with van der Waals surface area (Å²) in [6.07, 6.45) is 6.17. The lowest BCUT2D eigenvalue weighted by atomic mass is 10.0. The van der Waals surface area contributed by atoms with Gasteiger partial charge in [0.15, 0.2) is 0 Å². The summed E-state index contributed by atoms with van der Waals surface area (Å²) in [7, 11) is 2.01. The second kappa shape index (κ2) is 3.64. The van der Waals surface area contributed by atoms with Gasteiger partial charge in [-0.1, -0.05) is 19.8 Å². The molecular weight excluding hydrogens is 174 g/mol. The molecule has 0 bridgehead atoms. The van der Waals surface area contributed by atoms with Gasteiger partial charge in [0.05, 0.1) is 5.69 Å². The monoisotopic (exact) mass is 193 g/mol. The summed E-state index contributed by atoms with van der Waals surface area (Å²) in [6.45, 7) is 2.13. The third-order valence-corrected chi connectivity index (χ3v) is 3.32. The van der Waals surface area contributed by atoms with Crippen molar-refractivity contribution in [2.45, 2.75) is 44.9 Å². The van der Waals surface area contributed by atoms with Crippen LogP contribution in [0, 0.1) is 0 Å². The van der Waals surface area contributed by atoms with E-state index in [9.17, 15) is 0 Å². The predicted molar refractivity (Wildman–Crippen MR) is 58.2 cm³/mol. The molecule has 0 spiro atoms. The number of aromatic nitrogens is 2. The maximum atomic E-state index is 6.06. The van der Waals surface area contributed by atoms with Crippen molar-refractivity contribution in [3.63, 3.8) is 0 Å². The van der Waals surface area contributed by atoms with Gasteiger partial charge in [-0.15, -0.1) is 0 Å². The lowest BCUT2D eigenvalue weighted by Gasteiger charge is -2.06. The molecule has 2 rings (SSSR count). The molecule has 0 aromatic carbocycles. The zero-order valence-corrected chi connectivity index (χ0v) is 9.08. The highest BCUT2D eigenvalue weighted by atomic mass is 15.1. The van der Waals surface area contributed by atoms with Crippen LogP contribution in [0.25, 0.3) is 0 Å². The highest BCUT2D eigenvalue weighted by Gasteiger charge is 2.23. The molecule has 2 N–H and O–H groups in total. The zero-order valence-electron chi connectivity index (χ0n) is 9.08.